The van der Waals surface area contributed by atoms with Crippen molar-refractivity contribution < 1.29 is 14.4 Å². The van der Waals surface area contributed by atoms with E-state index in [9.17, 15) is 4.79 Å². The molecule has 2 bridgehead atoms. The van der Waals surface area contributed by atoms with Crippen molar-refractivity contribution in [3.05, 3.63) is 29.8 Å². The first-order valence-corrected chi connectivity index (χ1v) is 9.92. The van der Waals surface area contributed by atoms with E-state index in [2.05, 4.69) is 36.5 Å². The van der Waals surface area contributed by atoms with E-state index < -0.39 is 0 Å². The van der Waals surface area contributed by atoms with Crippen molar-refractivity contribution in [1.29, 1.82) is 0 Å². The summed E-state index contributed by atoms with van der Waals surface area (Å²) in [5, 5.41) is 3.97. The molecular formula is C21H27N2O2+. The van der Waals surface area contributed by atoms with Gasteiger partial charge in [0.05, 0.1) is 37.1 Å². The molecule has 0 aromatic heterocycles. The maximum atomic E-state index is 12.9. The fourth-order valence-corrected chi connectivity index (χ4v) is 8.69. The lowest BCUT2D eigenvalue weighted by Crippen LogP contribution is -3.17. The van der Waals surface area contributed by atoms with Crippen LogP contribution in [0.3, 0.4) is 0 Å². The molecule has 7 unspecified atom stereocenters. The highest BCUT2D eigenvalue weighted by atomic mass is 16.5. The molecule has 5 aliphatic rings. The molecule has 6 rings (SSSR count). The van der Waals surface area contributed by atoms with E-state index >= 15 is 0 Å². The van der Waals surface area contributed by atoms with Gasteiger partial charge in [-0.15, -0.1) is 0 Å². The second-order valence-corrected chi connectivity index (χ2v) is 9.19. The number of esters is 1. The summed E-state index contributed by atoms with van der Waals surface area (Å²) >= 11 is 0. The van der Waals surface area contributed by atoms with Crippen LogP contribution in [0.1, 0.15) is 38.2 Å². The van der Waals surface area contributed by atoms with E-state index in [0.717, 1.165) is 6.42 Å². The van der Waals surface area contributed by atoms with Crippen LogP contribution >= 0.6 is 0 Å². The summed E-state index contributed by atoms with van der Waals surface area (Å²) in [6.07, 6.45) is 4.80. The van der Waals surface area contributed by atoms with Crippen molar-refractivity contribution in [2.24, 2.45) is 17.3 Å². The predicted molar refractivity (Wildman–Crippen MR) is 94.5 cm³/mol. The van der Waals surface area contributed by atoms with Gasteiger partial charge in [-0.05, 0) is 36.8 Å². The number of piperidine rings is 1. The average molecular weight is 339 g/mol. The van der Waals surface area contributed by atoms with Crippen molar-refractivity contribution in [1.82, 2.24) is 0 Å². The number of hydrogen-bond donors (Lipinski definition) is 2. The van der Waals surface area contributed by atoms with Crippen LogP contribution in [0, 0.1) is 17.3 Å². The first kappa shape index (κ1) is 14.6. The van der Waals surface area contributed by atoms with Crippen molar-refractivity contribution in [2.75, 3.05) is 25.5 Å². The molecule has 2 saturated heterocycles. The molecule has 4 nitrogen and oxygen atoms in total. The minimum Gasteiger partial charge on any atom is -0.469 e. The number of carbonyl (C=O) groups excluding carboxylic acids is 1. The molecule has 1 aromatic rings. The van der Waals surface area contributed by atoms with Crippen molar-refractivity contribution in [3.63, 3.8) is 0 Å². The lowest BCUT2D eigenvalue weighted by molar-refractivity contribution is -0.928. The number of carbonyl (C=O) groups is 1. The van der Waals surface area contributed by atoms with Crippen LogP contribution in [0.2, 0.25) is 0 Å². The summed E-state index contributed by atoms with van der Waals surface area (Å²) in [6, 6.07) is 9.54. The normalized spacial score (nSPS) is 50.8. The second kappa shape index (κ2) is 4.22. The number of benzene rings is 1. The van der Waals surface area contributed by atoms with E-state index in [0.29, 0.717) is 17.4 Å². The Kier molecular flexibility index (Phi) is 2.47. The standard InChI is InChI=1S/C21H26N2O2/c1-13-19-8-5-10-23-11-9-20(18(19)23)14-6-3-4-7-16(14)22-21(13,20)15(12-19)17(24)25-2/h3-4,6-7,13,15,18,22H,5,8-12H2,1-2H3/p+1. The van der Waals surface area contributed by atoms with Gasteiger partial charge in [0.25, 0.3) is 0 Å². The Bertz CT molecular complexity index is 794. The third-order valence-electron chi connectivity index (χ3n) is 9.11. The van der Waals surface area contributed by atoms with Gasteiger partial charge in [0.15, 0.2) is 0 Å². The van der Waals surface area contributed by atoms with Crippen LogP contribution in [0.15, 0.2) is 24.3 Å². The zero-order valence-electron chi connectivity index (χ0n) is 15.1. The van der Waals surface area contributed by atoms with Crippen molar-refractivity contribution >= 4 is 11.7 Å². The minimum atomic E-state index is -0.152. The number of nitrogens with one attached hydrogen (secondary N) is 2. The monoisotopic (exact) mass is 339 g/mol. The third-order valence-corrected chi connectivity index (χ3v) is 9.11. The lowest BCUT2D eigenvalue weighted by Gasteiger charge is -2.49. The minimum absolute atomic E-state index is 0.000814. The molecule has 1 aromatic carbocycles. The van der Waals surface area contributed by atoms with Crippen LogP contribution in [0.4, 0.5) is 5.69 Å². The summed E-state index contributed by atoms with van der Waals surface area (Å²) in [7, 11) is 1.56. The molecular weight excluding hydrogens is 312 g/mol. The number of quaternary nitrogens is 1. The van der Waals surface area contributed by atoms with E-state index in [1.807, 2.05) is 4.90 Å². The Morgan fingerprint density at radius 1 is 1.28 bits per heavy atom. The fourth-order valence-electron chi connectivity index (χ4n) is 8.69. The van der Waals surface area contributed by atoms with Crippen LogP contribution in [0.5, 0.6) is 0 Å². The van der Waals surface area contributed by atoms with Gasteiger partial charge in [-0.2, -0.15) is 0 Å². The molecule has 0 amide bonds. The maximum absolute atomic E-state index is 12.9. The van der Waals surface area contributed by atoms with Crippen molar-refractivity contribution in [3.8, 4) is 0 Å². The van der Waals surface area contributed by atoms with E-state index in [-0.39, 0.29) is 22.8 Å². The zero-order valence-corrected chi connectivity index (χ0v) is 15.1. The summed E-state index contributed by atoms with van der Waals surface area (Å²) in [5.74, 6) is 0.492. The number of hydrogen-bond acceptors (Lipinski definition) is 3. The van der Waals surface area contributed by atoms with E-state index in [4.69, 9.17) is 4.74 Å². The number of ether oxygens (including phenoxy) is 1. The van der Waals surface area contributed by atoms with Gasteiger partial charge in [-0.1, -0.05) is 25.1 Å². The van der Waals surface area contributed by atoms with E-state index in [1.54, 1.807) is 7.11 Å². The number of methoxy groups -OCH3 is 1. The van der Waals surface area contributed by atoms with Gasteiger partial charge < -0.3 is 15.0 Å². The van der Waals surface area contributed by atoms with E-state index in [1.165, 1.54) is 43.6 Å². The molecule has 7 atom stereocenters. The second-order valence-electron chi connectivity index (χ2n) is 9.19. The van der Waals surface area contributed by atoms with Crippen molar-refractivity contribution in [2.45, 2.75) is 49.6 Å². The average Bonchev–Trinajstić information content (AvgIpc) is 3.29. The largest absolute Gasteiger partial charge is 0.469 e. The molecule has 3 heterocycles. The maximum Gasteiger partial charge on any atom is 0.311 e. The van der Waals surface area contributed by atoms with Gasteiger partial charge in [0.2, 0.25) is 0 Å². The number of rotatable bonds is 1. The SMILES string of the molecule is COC(=O)C1CC23CCC[NH+]4CCC5(c6ccccc6NC15C2C)C43. The Morgan fingerprint density at radius 2 is 2.12 bits per heavy atom. The molecule has 2 saturated carbocycles. The van der Waals surface area contributed by atoms with Gasteiger partial charge in [0, 0.05) is 17.5 Å². The molecule has 132 valence electrons. The highest BCUT2D eigenvalue weighted by Crippen LogP contribution is 2.77. The summed E-state index contributed by atoms with van der Waals surface area (Å²) in [5.41, 5.74) is 3.00. The highest BCUT2D eigenvalue weighted by molar-refractivity contribution is 5.81. The topological polar surface area (TPSA) is 42.8 Å². The highest BCUT2D eigenvalue weighted by Gasteiger charge is 2.88. The predicted octanol–water partition coefficient (Wildman–Crippen LogP) is 1.37. The summed E-state index contributed by atoms with van der Waals surface area (Å²) in [6.45, 7) is 5.00. The first-order chi connectivity index (χ1) is 12.1. The van der Waals surface area contributed by atoms with Crippen LogP contribution in [-0.2, 0) is 14.9 Å². The molecule has 25 heavy (non-hydrogen) atoms. The lowest BCUT2D eigenvalue weighted by atomic mass is 9.56. The van der Waals surface area contributed by atoms with Gasteiger partial charge in [-0.25, -0.2) is 0 Å². The molecule has 3 spiro atoms. The molecule has 0 radical (unpaired) electrons. The third kappa shape index (κ3) is 1.23. The Balaban J connectivity index is 1.67. The van der Waals surface area contributed by atoms with Gasteiger partial charge >= 0.3 is 5.97 Å². The zero-order chi connectivity index (χ0) is 17.0. The fraction of sp³-hybridized carbons (Fsp3) is 0.667. The molecule has 4 fully saturated rings. The van der Waals surface area contributed by atoms with Gasteiger partial charge in [0.1, 0.15) is 6.04 Å². The van der Waals surface area contributed by atoms with Crippen LogP contribution < -0.4 is 10.2 Å². The Labute approximate surface area is 148 Å². The summed E-state index contributed by atoms with van der Waals surface area (Å²) in [4.78, 5) is 14.7. The number of para-hydroxylation sites is 1. The number of anilines is 1. The van der Waals surface area contributed by atoms with Crippen LogP contribution in [0.25, 0.3) is 0 Å². The molecule has 2 aliphatic carbocycles. The smallest absolute Gasteiger partial charge is 0.311 e. The molecule has 4 heteroatoms. The first-order valence-electron chi connectivity index (χ1n) is 9.92. The number of fused-ring (bicyclic) bond motifs is 1. The molecule has 2 N–H and O–H groups in total. The van der Waals surface area contributed by atoms with Crippen LogP contribution in [-0.4, -0.2) is 37.7 Å². The van der Waals surface area contributed by atoms with Gasteiger partial charge in [-0.3, -0.25) is 4.79 Å². The Hall–Kier alpha value is -1.55. The molecule has 3 aliphatic heterocycles. The summed E-state index contributed by atoms with van der Waals surface area (Å²) < 4.78 is 5.33. The quantitative estimate of drug-likeness (QED) is 0.760. The Morgan fingerprint density at radius 3 is 2.96 bits per heavy atom.